The van der Waals surface area contributed by atoms with Gasteiger partial charge >= 0.3 is 0 Å². The van der Waals surface area contributed by atoms with Crippen molar-refractivity contribution in [2.75, 3.05) is 13.1 Å². The number of aliphatic imine (C=N–C) groups is 1. The van der Waals surface area contributed by atoms with Gasteiger partial charge < -0.3 is 10.6 Å². The van der Waals surface area contributed by atoms with Crippen molar-refractivity contribution in [3.8, 4) is 12.3 Å². The molecule has 2 unspecified atom stereocenters. The van der Waals surface area contributed by atoms with Crippen LogP contribution in [-0.2, 0) is 0 Å². The lowest BCUT2D eigenvalue weighted by molar-refractivity contribution is 0.553. The number of hydrogen-bond donors (Lipinski definition) is 2. The van der Waals surface area contributed by atoms with Crippen molar-refractivity contribution >= 4 is 29.9 Å². The molecule has 1 aliphatic rings. The zero-order valence-electron chi connectivity index (χ0n) is 11.7. The molecule has 0 aromatic heterocycles. The second-order valence-corrected chi connectivity index (χ2v) is 4.63. The summed E-state index contributed by atoms with van der Waals surface area (Å²) < 4.78 is 27.3. The second-order valence-electron chi connectivity index (χ2n) is 4.63. The highest BCUT2D eigenvalue weighted by atomic mass is 127. The topological polar surface area (TPSA) is 36.4 Å². The van der Waals surface area contributed by atoms with Crippen LogP contribution in [0.4, 0.5) is 8.78 Å². The number of rotatable bonds is 4. The number of nitrogens with zero attached hydrogens (tertiary/aromatic N) is 1. The largest absolute Gasteiger partial charge is 0.357 e. The van der Waals surface area contributed by atoms with Gasteiger partial charge in [0.2, 0.25) is 0 Å². The van der Waals surface area contributed by atoms with Gasteiger partial charge in [-0.1, -0.05) is 12.0 Å². The molecule has 0 heterocycles. The minimum absolute atomic E-state index is 0. The summed E-state index contributed by atoms with van der Waals surface area (Å²) in [5.41, 5.74) is 0.151. The van der Waals surface area contributed by atoms with Crippen LogP contribution in [0.1, 0.15) is 24.8 Å². The fraction of sp³-hybridized carbons (Fsp3) is 0.400. The summed E-state index contributed by atoms with van der Waals surface area (Å²) in [6, 6.07) is 3.92. The first-order valence-corrected chi connectivity index (χ1v) is 6.59. The lowest BCUT2D eigenvalue weighted by Crippen LogP contribution is -2.39. The van der Waals surface area contributed by atoms with E-state index in [2.05, 4.69) is 21.5 Å². The molecule has 114 valence electrons. The van der Waals surface area contributed by atoms with Crippen LogP contribution in [0.5, 0.6) is 0 Å². The predicted molar refractivity (Wildman–Crippen MR) is 90.9 cm³/mol. The summed E-state index contributed by atoms with van der Waals surface area (Å²) in [7, 11) is 0. The average molecular weight is 405 g/mol. The number of halogens is 3. The van der Waals surface area contributed by atoms with Gasteiger partial charge in [-0.15, -0.1) is 30.4 Å². The van der Waals surface area contributed by atoms with Gasteiger partial charge in [0.1, 0.15) is 18.2 Å². The maximum Gasteiger partial charge on any atom is 0.192 e. The molecular weight excluding hydrogens is 387 g/mol. The molecule has 1 aromatic rings. The van der Waals surface area contributed by atoms with Crippen LogP contribution < -0.4 is 10.6 Å². The third-order valence-electron chi connectivity index (χ3n) is 3.16. The minimum Gasteiger partial charge on any atom is -0.357 e. The first-order valence-electron chi connectivity index (χ1n) is 6.59. The van der Waals surface area contributed by atoms with Gasteiger partial charge in [-0.25, -0.2) is 13.8 Å². The Kier molecular flexibility index (Phi) is 6.89. The highest BCUT2D eigenvalue weighted by Crippen LogP contribution is 2.42. The Balaban J connectivity index is 0.00000220. The summed E-state index contributed by atoms with van der Waals surface area (Å²) in [5.74, 6) is 1.85. The van der Waals surface area contributed by atoms with Gasteiger partial charge in [-0.2, -0.15) is 0 Å². The molecule has 1 saturated carbocycles. The molecule has 0 spiro atoms. The fourth-order valence-corrected chi connectivity index (χ4v) is 2.16. The Morgan fingerprint density at radius 2 is 2.10 bits per heavy atom. The molecule has 0 aliphatic heterocycles. The number of benzene rings is 1. The molecule has 6 heteroatoms. The normalized spacial score (nSPS) is 20.2. The highest BCUT2D eigenvalue weighted by molar-refractivity contribution is 14.0. The fourth-order valence-electron chi connectivity index (χ4n) is 2.16. The maximum absolute atomic E-state index is 13.7. The Morgan fingerprint density at radius 1 is 1.43 bits per heavy atom. The Morgan fingerprint density at radius 3 is 2.67 bits per heavy atom. The number of nitrogens with one attached hydrogen (secondary N) is 2. The Hall–Kier alpha value is -1.36. The van der Waals surface area contributed by atoms with Crippen molar-refractivity contribution in [1.29, 1.82) is 0 Å². The van der Waals surface area contributed by atoms with Crippen LogP contribution in [0.25, 0.3) is 0 Å². The molecule has 0 saturated heterocycles. The van der Waals surface area contributed by atoms with E-state index in [4.69, 9.17) is 6.42 Å². The van der Waals surface area contributed by atoms with E-state index in [1.807, 2.05) is 6.92 Å². The lowest BCUT2D eigenvalue weighted by atomic mass is 10.1. The molecular formula is C15H18F2IN3. The van der Waals surface area contributed by atoms with E-state index in [-0.39, 0.29) is 48.0 Å². The lowest BCUT2D eigenvalue weighted by Gasteiger charge is -2.11. The molecule has 2 rings (SSSR count). The van der Waals surface area contributed by atoms with E-state index in [1.165, 1.54) is 18.2 Å². The van der Waals surface area contributed by atoms with E-state index in [1.54, 1.807) is 0 Å². The Bertz CT molecular complexity index is 534. The first kappa shape index (κ1) is 17.7. The average Bonchev–Trinajstić information content (AvgIpc) is 3.15. The van der Waals surface area contributed by atoms with E-state index < -0.39 is 11.6 Å². The first-order chi connectivity index (χ1) is 9.67. The van der Waals surface area contributed by atoms with Gasteiger partial charge in [-0.3, -0.25) is 0 Å². The zero-order chi connectivity index (χ0) is 14.5. The number of guanidine groups is 1. The van der Waals surface area contributed by atoms with E-state index in [0.29, 0.717) is 18.9 Å². The van der Waals surface area contributed by atoms with Crippen molar-refractivity contribution in [2.24, 2.45) is 4.99 Å². The van der Waals surface area contributed by atoms with Crippen molar-refractivity contribution < 1.29 is 8.78 Å². The highest BCUT2D eigenvalue weighted by Gasteiger charge is 2.42. The van der Waals surface area contributed by atoms with Crippen LogP contribution in [0.2, 0.25) is 0 Å². The third kappa shape index (κ3) is 4.56. The maximum atomic E-state index is 13.7. The van der Waals surface area contributed by atoms with Gasteiger partial charge in [0.25, 0.3) is 0 Å². The molecule has 2 N–H and O–H groups in total. The van der Waals surface area contributed by atoms with Gasteiger partial charge in [-0.05, 0) is 25.5 Å². The SMILES string of the molecule is C#CCN=C(NCC)NC1CC1c1c(F)cccc1F.I. The van der Waals surface area contributed by atoms with Crippen LogP contribution >= 0.6 is 24.0 Å². The number of hydrogen-bond acceptors (Lipinski definition) is 1. The van der Waals surface area contributed by atoms with Crippen LogP contribution in [0.3, 0.4) is 0 Å². The molecule has 1 aliphatic carbocycles. The molecule has 21 heavy (non-hydrogen) atoms. The van der Waals surface area contributed by atoms with E-state index in [9.17, 15) is 8.78 Å². The molecule has 0 bridgehead atoms. The molecule has 0 amide bonds. The minimum atomic E-state index is -0.495. The van der Waals surface area contributed by atoms with Gasteiger partial charge in [0.05, 0.1) is 0 Å². The smallest absolute Gasteiger partial charge is 0.192 e. The molecule has 1 aromatic carbocycles. The number of terminal acetylenes is 1. The van der Waals surface area contributed by atoms with Gasteiger partial charge in [0, 0.05) is 24.1 Å². The van der Waals surface area contributed by atoms with E-state index >= 15 is 0 Å². The third-order valence-corrected chi connectivity index (χ3v) is 3.16. The predicted octanol–water partition coefficient (Wildman–Crippen LogP) is 2.63. The van der Waals surface area contributed by atoms with Crippen molar-refractivity contribution in [1.82, 2.24) is 10.6 Å². The zero-order valence-corrected chi connectivity index (χ0v) is 14.0. The molecule has 1 fully saturated rings. The molecule has 0 radical (unpaired) electrons. The van der Waals surface area contributed by atoms with Crippen LogP contribution in [0, 0.1) is 24.0 Å². The van der Waals surface area contributed by atoms with E-state index in [0.717, 1.165) is 0 Å². The summed E-state index contributed by atoms with van der Waals surface area (Å²) in [6.45, 7) is 2.90. The summed E-state index contributed by atoms with van der Waals surface area (Å²) in [5, 5.41) is 6.19. The van der Waals surface area contributed by atoms with Gasteiger partial charge in [0.15, 0.2) is 5.96 Å². The monoisotopic (exact) mass is 405 g/mol. The van der Waals surface area contributed by atoms with Crippen molar-refractivity contribution in [3.63, 3.8) is 0 Å². The summed E-state index contributed by atoms with van der Waals surface area (Å²) in [4.78, 5) is 4.16. The standard InChI is InChI=1S/C15H17F2N3.HI/c1-3-8-19-15(18-4-2)20-13-9-10(13)14-11(16)6-5-7-12(14)17;/h1,5-7,10,13H,4,8-9H2,2H3,(H2,18,19,20);1H. The molecule has 2 atom stereocenters. The Labute approximate surface area is 140 Å². The van der Waals surface area contributed by atoms with Crippen LogP contribution in [0.15, 0.2) is 23.2 Å². The summed E-state index contributed by atoms with van der Waals surface area (Å²) >= 11 is 0. The van der Waals surface area contributed by atoms with Crippen molar-refractivity contribution in [3.05, 3.63) is 35.4 Å². The summed E-state index contributed by atoms with van der Waals surface area (Å²) in [6.07, 6.45) is 5.84. The van der Waals surface area contributed by atoms with Crippen LogP contribution in [-0.4, -0.2) is 25.1 Å². The second kappa shape index (κ2) is 8.17. The quantitative estimate of drug-likeness (QED) is 0.350. The van der Waals surface area contributed by atoms with Crippen molar-refractivity contribution in [2.45, 2.75) is 25.3 Å². The molecule has 3 nitrogen and oxygen atoms in total.